The van der Waals surface area contributed by atoms with Crippen LogP contribution in [0.25, 0.3) is 0 Å². The minimum absolute atomic E-state index is 0.0543. The zero-order valence-corrected chi connectivity index (χ0v) is 8.63. The van der Waals surface area contributed by atoms with Crippen molar-refractivity contribution in [3.05, 3.63) is 52.7 Å². The number of aromatic nitrogens is 3. The molecule has 1 heterocycles. The van der Waals surface area contributed by atoms with E-state index in [0.29, 0.717) is 13.1 Å². The lowest BCUT2D eigenvalue weighted by atomic mass is 10.2. The Balaban J connectivity index is 2.26. The Kier molecular flexibility index (Phi) is 2.67. The highest BCUT2D eigenvalue weighted by atomic mass is 16.2. The van der Waals surface area contributed by atoms with Gasteiger partial charge in [-0.05, 0) is 12.5 Å². The average molecular weight is 203 g/mol. The average Bonchev–Trinajstić information content (AvgIpc) is 2.62. The SMILES string of the molecule is CCn1cnn(Cc2ccccc2)c1=O. The van der Waals surface area contributed by atoms with Crippen LogP contribution in [-0.2, 0) is 13.1 Å². The molecule has 15 heavy (non-hydrogen) atoms. The summed E-state index contributed by atoms with van der Waals surface area (Å²) < 4.78 is 3.06. The molecule has 0 radical (unpaired) electrons. The van der Waals surface area contributed by atoms with Gasteiger partial charge in [-0.1, -0.05) is 30.3 Å². The van der Waals surface area contributed by atoms with Gasteiger partial charge in [-0.2, -0.15) is 5.10 Å². The molecular weight excluding hydrogens is 190 g/mol. The van der Waals surface area contributed by atoms with Gasteiger partial charge in [0.2, 0.25) is 0 Å². The van der Waals surface area contributed by atoms with Crippen LogP contribution < -0.4 is 5.69 Å². The summed E-state index contributed by atoms with van der Waals surface area (Å²) in [5.74, 6) is 0. The third-order valence-electron chi connectivity index (χ3n) is 2.31. The van der Waals surface area contributed by atoms with Crippen molar-refractivity contribution in [3.8, 4) is 0 Å². The van der Waals surface area contributed by atoms with Crippen molar-refractivity contribution < 1.29 is 0 Å². The normalized spacial score (nSPS) is 10.5. The Hall–Kier alpha value is -1.84. The molecule has 1 aromatic heterocycles. The van der Waals surface area contributed by atoms with Crippen LogP contribution in [0, 0.1) is 0 Å². The van der Waals surface area contributed by atoms with Crippen molar-refractivity contribution in [3.63, 3.8) is 0 Å². The van der Waals surface area contributed by atoms with E-state index in [9.17, 15) is 4.79 Å². The van der Waals surface area contributed by atoms with Gasteiger partial charge in [-0.15, -0.1) is 0 Å². The summed E-state index contributed by atoms with van der Waals surface area (Å²) in [6.07, 6.45) is 1.57. The maximum atomic E-state index is 11.7. The highest BCUT2D eigenvalue weighted by molar-refractivity contribution is 5.14. The molecule has 1 aromatic carbocycles. The van der Waals surface area contributed by atoms with Crippen molar-refractivity contribution >= 4 is 0 Å². The van der Waals surface area contributed by atoms with Crippen LogP contribution in [0.2, 0.25) is 0 Å². The monoisotopic (exact) mass is 203 g/mol. The van der Waals surface area contributed by atoms with E-state index >= 15 is 0 Å². The van der Waals surface area contributed by atoms with Gasteiger partial charge in [0.1, 0.15) is 6.33 Å². The van der Waals surface area contributed by atoms with Crippen molar-refractivity contribution in [2.45, 2.75) is 20.0 Å². The van der Waals surface area contributed by atoms with Gasteiger partial charge >= 0.3 is 5.69 Å². The molecule has 0 aliphatic rings. The van der Waals surface area contributed by atoms with Crippen LogP contribution in [0.1, 0.15) is 12.5 Å². The highest BCUT2D eigenvalue weighted by Gasteiger charge is 2.02. The van der Waals surface area contributed by atoms with E-state index < -0.39 is 0 Å². The second-order valence-corrected chi connectivity index (χ2v) is 3.34. The number of hydrogen-bond acceptors (Lipinski definition) is 2. The van der Waals surface area contributed by atoms with E-state index in [2.05, 4.69) is 5.10 Å². The summed E-state index contributed by atoms with van der Waals surface area (Å²) in [5.41, 5.74) is 1.03. The van der Waals surface area contributed by atoms with Crippen LogP contribution in [0.3, 0.4) is 0 Å². The fourth-order valence-corrected chi connectivity index (χ4v) is 1.45. The van der Waals surface area contributed by atoms with Gasteiger partial charge in [0.25, 0.3) is 0 Å². The first kappa shape index (κ1) is 9.71. The van der Waals surface area contributed by atoms with E-state index in [1.807, 2.05) is 37.3 Å². The van der Waals surface area contributed by atoms with Crippen molar-refractivity contribution in [1.82, 2.24) is 14.3 Å². The van der Waals surface area contributed by atoms with Crippen LogP contribution >= 0.6 is 0 Å². The Labute approximate surface area is 87.8 Å². The summed E-state index contributed by atoms with van der Waals surface area (Å²) in [5, 5.41) is 4.05. The lowest BCUT2D eigenvalue weighted by Crippen LogP contribution is -2.24. The van der Waals surface area contributed by atoms with Crippen LogP contribution in [0.5, 0.6) is 0 Å². The zero-order valence-electron chi connectivity index (χ0n) is 8.63. The largest absolute Gasteiger partial charge is 0.346 e. The van der Waals surface area contributed by atoms with E-state index in [1.165, 1.54) is 4.68 Å². The predicted octanol–water partition coefficient (Wildman–Crippen LogP) is 1.11. The lowest BCUT2D eigenvalue weighted by molar-refractivity contribution is 0.631. The fraction of sp³-hybridized carbons (Fsp3) is 0.273. The molecule has 0 bridgehead atoms. The molecule has 0 saturated heterocycles. The molecule has 0 aliphatic carbocycles. The van der Waals surface area contributed by atoms with Crippen LogP contribution in [-0.4, -0.2) is 14.3 Å². The van der Waals surface area contributed by atoms with Gasteiger partial charge in [0.15, 0.2) is 0 Å². The smallest absolute Gasteiger partial charge is 0.282 e. The molecule has 78 valence electrons. The topological polar surface area (TPSA) is 39.8 Å². The third kappa shape index (κ3) is 1.98. The van der Waals surface area contributed by atoms with E-state index in [1.54, 1.807) is 10.9 Å². The molecule has 0 saturated carbocycles. The summed E-state index contributed by atoms with van der Waals surface area (Å²) in [6.45, 7) is 3.12. The quantitative estimate of drug-likeness (QED) is 0.749. The Bertz CT molecular complexity index is 484. The number of nitrogens with zero attached hydrogens (tertiary/aromatic N) is 3. The number of benzene rings is 1. The summed E-state index contributed by atoms with van der Waals surface area (Å²) in [6, 6.07) is 9.83. The predicted molar refractivity (Wildman–Crippen MR) is 57.7 cm³/mol. The van der Waals surface area contributed by atoms with E-state index in [0.717, 1.165) is 5.56 Å². The number of aryl methyl sites for hydroxylation is 1. The molecule has 2 aromatic rings. The Morgan fingerprint density at radius 3 is 2.60 bits per heavy atom. The van der Waals surface area contributed by atoms with Gasteiger partial charge in [0.05, 0.1) is 6.54 Å². The molecule has 0 amide bonds. The van der Waals surface area contributed by atoms with Gasteiger partial charge in [0, 0.05) is 6.54 Å². The van der Waals surface area contributed by atoms with Crippen LogP contribution in [0.15, 0.2) is 41.5 Å². The molecule has 0 fully saturated rings. The summed E-state index contributed by atoms with van der Waals surface area (Å²) in [7, 11) is 0. The maximum absolute atomic E-state index is 11.7. The summed E-state index contributed by atoms with van der Waals surface area (Å²) in [4.78, 5) is 11.7. The van der Waals surface area contributed by atoms with E-state index in [-0.39, 0.29) is 5.69 Å². The first-order valence-electron chi connectivity index (χ1n) is 4.97. The molecule has 4 heteroatoms. The first-order chi connectivity index (χ1) is 7.31. The van der Waals surface area contributed by atoms with Gasteiger partial charge < -0.3 is 0 Å². The molecule has 0 unspecified atom stereocenters. The second-order valence-electron chi connectivity index (χ2n) is 3.34. The fourth-order valence-electron chi connectivity index (χ4n) is 1.45. The standard InChI is InChI=1S/C11H13N3O/c1-2-13-9-12-14(11(13)15)8-10-6-4-3-5-7-10/h3-7,9H,2,8H2,1H3. The van der Waals surface area contributed by atoms with Gasteiger partial charge in [-0.25, -0.2) is 9.48 Å². The van der Waals surface area contributed by atoms with Crippen molar-refractivity contribution in [1.29, 1.82) is 0 Å². The highest BCUT2D eigenvalue weighted by Crippen LogP contribution is 1.98. The minimum Gasteiger partial charge on any atom is -0.282 e. The lowest BCUT2D eigenvalue weighted by Gasteiger charge is -1.99. The molecule has 4 nitrogen and oxygen atoms in total. The Morgan fingerprint density at radius 1 is 1.27 bits per heavy atom. The van der Waals surface area contributed by atoms with Crippen molar-refractivity contribution in [2.24, 2.45) is 0 Å². The van der Waals surface area contributed by atoms with Gasteiger partial charge in [-0.3, -0.25) is 4.57 Å². The minimum atomic E-state index is -0.0543. The van der Waals surface area contributed by atoms with Crippen molar-refractivity contribution in [2.75, 3.05) is 0 Å². The molecule has 0 aliphatic heterocycles. The molecule has 0 atom stereocenters. The summed E-state index contributed by atoms with van der Waals surface area (Å²) >= 11 is 0. The first-order valence-corrected chi connectivity index (χ1v) is 4.97. The number of hydrogen-bond donors (Lipinski definition) is 0. The second kappa shape index (κ2) is 4.13. The molecule has 0 spiro atoms. The molecule has 2 rings (SSSR count). The van der Waals surface area contributed by atoms with Crippen LogP contribution in [0.4, 0.5) is 0 Å². The third-order valence-corrected chi connectivity index (χ3v) is 2.31. The molecule has 0 N–H and O–H groups in total. The Morgan fingerprint density at radius 2 is 2.00 bits per heavy atom. The number of rotatable bonds is 3. The molecular formula is C11H13N3O. The maximum Gasteiger partial charge on any atom is 0.346 e. The van der Waals surface area contributed by atoms with E-state index in [4.69, 9.17) is 0 Å². The zero-order chi connectivity index (χ0) is 10.7.